The molecule has 2 rings (SSSR count). The van der Waals surface area contributed by atoms with Crippen molar-refractivity contribution in [2.75, 3.05) is 13.1 Å². The van der Waals surface area contributed by atoms with Crippen molar-refractivity contribution in [3.63, 3.8) is 0 Å². The molecule has 1 saturated heterocycles. The minimum atomic E-state index is -0.175. The van der Waals surface area contributed by atoms with Crippen molar-refractivity contribution in [3.05, 3.63) is 29.8 Å². The van der Waals surface area contributed by atoms with Crippen molar-refractivity contribution >= 4 is 0 Å². The fourth-order valence-corrected chi connectivity index (χ4v) is 1.64. The van der Waals surface area contributed by atoms with E-state index < -0.39 is 0 Å². The summed E-state index contributed by atoms with van der Waals surface area (Å²) < 4.78 is 13.2. The maximum absolute atomic E-state index is 13.2. The molecule has 0 radical (unpaired) electrons. The molecule has 0 bridgehead atoms. The summed E-state index contributed by atoms with van der Waals surface area (Å²) in [5.41, 5.74) is 0.801. The smallest absolute Gasteiger partial charge is 0.144 e. The lowest BCUT2D eigenvalue weighted by Gasteiger charge is -2.08. The molecule has 0 aromatic carbocycles. The Kier molecular flexibility index (Phi) is 2.04. The molecule has 1 aliphatic heterocycles. The summed E-state index contributed by atoms with van der Waals surface area (Å²) in [5, 5.41) is 3.21. The predicted molar refractivity (Wildman–Crippen MR) is 44.4 cm³/mol. The van der Waals surface area contributed by atoms with Crippen LogP contribution >= 0.6 is 0 Å². The van der Waals surface area contributed by atoms with Crippen LogP contribution in [0.25, 0.3) is 0 Å². The Bertz CT molecular complexity index is 269. The Morgan fingerprint density at radius 2 is 2.50 bits per heavy atom. The lowest BCUT2D eigenvalue weighted by Crippen LogP contribution is -2.08. The van der Waals surface area contributed by atoms with Gasteiger partial charge in [0.2, 0.25) is 0 Å². The van der Waals surface area contributed by atoms with Gasteiger partial charge >= 0.3 is 0 Å². The molecule has 64 valence electrons. The fourth-order valence-electron chi connectivity index (χ4n) is 1.64. The third-order valence-corrected chi connectivity index (χ3v) is 2.30. The highest BCUT2D eigenvalue weighted by Crippen LogP contribution is 2.23. The van der Waals surface area contributed by atoms with Crippen LogP contribution in [0.3, 0.4) is 0 Å². The highest BCUT2D eigenvalue weighted by atomic mass is 19.1. The maximum Gasteiger partial charge on any atom is 0.144 e. The third kappa shape index (κ3) is 1.32. The quantitative estimate of drug-likeness (QED) is 0.680. The van der Waals surface area contributed by atoms with E-state index in [2.05, 4.69) is 10.3 Å². The molecular weight excluding hydrogens is 155 g/mol. The van der Waals surface area contributed by atoms with Crippen LogP contribution in [0.1, 0.15) is 17.9 Å². The van der Waals surface area contributed by atoms with Gasteiger partial charge in [-0.3, -0.25) is 4.98 Å². The second-order valence-electron chi connectivity index (χ2n) is 3.09. The van der Waals surface area contributed by atoms with Crippen LogP contribution in [-0.2, 0) is 0 Å². The Morgan fingerprint density at radius 3 is 3.17 bits per heavy atom. The summed E-state index contributed by atoms with van der Waals surface area (Å²) in [5.74, 6) is 0.166. The molecule has 12 heavy (non-hydrogen) atoms. The van der Waals surface area contributed by atoms with Crippen LogP contribution < -0.4 is 5.32 Å². The first-order chi connectivity index (χ1) is 5.88. The second kappa shape index (κ2) is 3.19. The number of hydrogen-bond acceptors (Lipinski definition) is 2. The van der Waals surface area contributed by atoms with E-state index in [1.807, 2.05) is 0 Å². The highest BCUT2D eigenvalue weighted by Gasteiger charge is 2.19. The number of halogens is 1. The third-order valence-electron chi connectivity index (χ3n) is 2.30. The normalized spacial score (nSPS) is 22.9. The van der Waals surface area contributed by atoms with Crippen LogP contribution in [-0.4, -0.2) is 18.1 Å². The summed E-state index contributed by atoms with van der Waals surface area (Å²) in [6.45, 7) is 1.88. The van der Waals surface area contributed by atoms with E-state index in [1.54, 1.807) is 12.3 Å². The van der Waals surface area contributed by atoms with Gasteiger partial charge in [0.25, 0.3) is 0 Å². The minimum Gasteiger partial charge on any atom is -0.316 e. The molecule has 0 spiro atoms. The number of pyridine rings is 1. The lowest BCUT2D eigenvalue weighted by molar-refractivity contribution is 0.582. The summed E-state index contributed by atoms with van der Waals surface area (Å²) in [6.07, 6.45) is 3.96. The van der Waals surface area contributed by atoms with Gasteiger partial charge in [0.15, 0.2) is 0 Å². The van der Waals surface area contributed by atoms with Crippen LogP contribution in [0.15, 0.2) is 18.5 Å². The molecule has 0 saturated carbocycles. The molecule has 1 aliphatic rings. The zero-order valence-corrected chi connectivity index (χ0v) is 6.76. The van der Waals surface area contributed by atoms with E-state index in [1.165, 1.54) is 6.20 Å². The monoisotopic (exact) mass is 166 g/mol. The molecule has 2 heterocycles. The molecule has 2 nitrogen and oxygen atoms in total. The van der Waals surface area contributed by atoms with Gasteiger partial charge in [0.1, 0.15) is 5.82 Å². The van der Waals surface area contributed by atoms with E-state index >= 15 is 0 Å². The minimum absolute atomic E-state index is 0.175. The molecule has 1 aromatic rings. The van der Waals surface area contributed by atoms with Gasteiger partial charge in [-0.2, -0.15) is 0 Å². The molecule has 0 aliphatic carbocycles. The molecule has 1 fully saturated rings. The molecule has 3 heteroatoms. The first-order valence-electron chi connectivity index (χ1n) is 4.18. The average molecular weight is 166 g/mol. The van der Waals surface area contributed by atoms with Crippen LogP contribution in [0.2, 0.25) is 0 Å². The Morgan fingerprint density at radius 1 is 1.58 bits per heavy atom. The summed E-state index contributed by atoms with van der Waals surface area (Å²) in [4.78, 5) is 3.72. The molecular formula is C9H11FN2. The van der Waals surface area contributed by atoms with Crippen molar-refractivity contribution in [3.8, 4) is 0 Å². The number of aromatic nitrogens is 1. The van der Waals surface area contributed by atoms with E-state index in [4.69, 9.17) is 0 Å². The maximum atomic E-state index is 13.2. The predicted octanol–water partition coefficient (Wildman–Crippen LogP) is 1.30. The summed E-state index contributed by atoms with van der Waals surface area (Å²) in [6, 6.07) is 1.77. The van der Waals surface area contributed by atoms with Crippen molar-refractivity contribution in [1.82, 2.24) is 10.3 Å². The van der Waals surface area contributed by atoms with Crippen LogP contribution in [0.4, 0.5) is 4.39 Å². The number of nitrogens with one attached hydrogen (secondary N) is 1. The molecule has 0 amide bonds. The average Bonchev–Trinajstić information content (AvgIpc) is 2.57. The Balaban J connectivity index is 2.26. The first kappa shape index (κ1) is 7.68. The lowest BCUT2D eigenvalue weighted by atomic mass is 9.99. The fraction of sp³-hybridized carbons (Fsp3) is 0.444. The van der Waals surface area contributed by atoms with Gasteiger partial charge in [0.05, 0.1) is 6.20 Å². The number of hydrogen-bond donors (Lipinski definition) is 1. The van der Waals surface area contributed by atoms with Gasteiger partial charge in [-0.05, 0) is 24.6 Å². The summed E-state index contributed by atoms with van der Waals surface area (Å²) >= 11 is 0. The zero-order valence-electron chi connectivity index (χ0n) is 6.76. The number of rotatable bonds is 1. The molecule has 1 unspecified atom stereocenters. The highest BCUT2D eigenvalue weighted by molar-refractivity contribution is 5.19. The topological polar surface area (TPSA) is 24.9 Å². The van der Waals surface area contributed by atoms with Gasteiger partial charge in [-0.1, -0.05) is 0 Å². The van der Waals surface area contributed by atoms with E-state index in [0.29, 0.717) is 5.92 Å². The van der Waals surface area contributed by atoms with E-state index in [9.17, 15) is 4.39 Å². The van der Waals surface area contributed by atoms with E-state index in [0.717, 1.165) is 25.1 Å². The first-order valence-corrected chi connectivity index (χ1v) is 4.18. The van der Waals surface area contributed by atoms with Crippen molar-refractivity contribution in [1.29, 1.82) is 0 Å². The van der Waals surface area contributed by atoms with Crippen molar-refractivity contribution in [2.24, 2.45) is 0 Å². The van der Waals surface area contributed by atoms with Gasteiger partial charge in [-0.25, -0.2) is 4.39 Å². The van der Waals surface area contributed by atoms with Crippen molar-refractivity contribution < 1.29 is 4.39 Å². The summed E-state index contributed by atoms with van der Waals surface area (Å²) in [7, 11) is 0. The second-order valence-corrected chi connectivity index (χ2v) is 3.09. The van der Waals surface area contributed by atoms with Gasteiger partial charge < -0.3 is 5.32 Å². The molecule has 1 N–H and O–H groups in total. The Labute approximate surface area is 70.8 Å². The molecule has 1 aromatic heterocycles. The largest absolute Gasteiger partial charge is 0.316 e. The van der Waals surface area contributed by atoms with Crippen LogP contribution in [0.5, 0.6) is 0 Å². The zero-order chi connectivity index (χ0) is 8.39. The molecule has 1 atom stereocenters. The number of nitrogens with zero attached hydrogens (tertiary/aromatic N) is 1. The van der Waals surface area contributed by atoms with Crippen LogP contribution in [0, 0.1) is 5.82 Å². The SMILES string of the molecule is Fc1cnccc1C1CCNC1. The van der Waals surface area contributed by atoms with E-state index in [-0.39, 0.29) is 5.82 Å². The van der Waals surface area contributed by atoms with Gasteiger partial charge in [0, 0.05) is 18.7 Å². The standard InChI is InChI=1S/C9H11FN2/c10-9-6-12-4-2-8(9)7-1-3-11-5-7/h2,4,6-7,11H,1,3,5H2. The van der Waals surface area contributed by atoms with Gasteiger partial charge in [-0.15, -0.1) is 0 Å². The Hall–Kier alpha value is -0.960. The van der Waals surface area contributed by atoms with Crippen molar-refractivity contribution in [2.45, 2.75) is 12.3 Å².